The lowest BCUT2D eigenvalue weighted by molar-refractivity contribution is -0.118. The first-order chi connectivity index (χ1) is 17.8. The lowest BCUT2D eigenvalue weighted by Crippen LogP contribution is -2.53. The Morgan fingerprint density at radius 1 is 1.24 bits per heavy atom. The van der Waals surface area contributed by atoms with Crippen molar-refractivity contribution in [2.24, 2.45) is 0 Å². The van der Waals surface area contributed by atoms with Gasteiger partial charge in [0.2, 0.25) is 0 Å². The molecule has 1 saturated carbocycles. The highest BCUT2D eigenvalue weighted by Gasteiger charge is 2.35. The fourth-order valence-electron chi connectivity index (χ4n) is 4.77. The summed E-state index contributed by atoms with van der Waals surface area (Å²) in [5, 5.41) is 19.7. The Balaban J connectivity index is 1.28. The number of nitrogens with one attached hydrogen (secondary N) is 2. The number of H-pyrrole nitrogens is 1. The topological polar surface area (TPSA) is 152 Å². The number of morpholine rings is 1. The largest absolute Gasteiger partial charge is 0.507 e. The second-order valence-electron chi connectivity index (χ2n) is 9.38. The number of methoxy groups -OCH3 is 1. The van der Waals surface area contributed by atoms with Gasteiger partial charge in [-0.2, -0.15) is 5.10 Å². The molecule has 12 heteroatoms. The summed E-state index contributed by atoms with van der Waals surface area (Å²) in [5.74, 6) is -0.0618. The van der Waals surface area contributed by atoms with E-state index >= 15 is 0 Å². The second-order valence-corrected chi connectivity index (χ2v) is 9.38. The molecule has 2 aliphatic rings. The summed E-state index contributed by atoms with van der Waals surface area (Å²) < 4.78 is 21.8. The lowest BCUT2D eigenvalue weighted by Gasteiger charge is -2.38. The Bertz CT molecular complexity index is 1130. The molecule has 3 N–H and O–H groups in total. The zero-order chi connectivity index (χ0) is 26.5. The number of phenolic OH excluding ortho intramolecular Hbond substituents is 1. The second kappa shape index (κ2) is 11.5. The van der Waals surface area contributed by atoms with Gasteiger partial charge in [0.1, 0.15) is 23.4 Å². The van der Waals surface area contributed by atoms with Crippen molar-refractivity contribution in [3.8, 4) is 17.2 Å². The fraction of sp³-hybridized carbons (Fsp3) is 0.520. The number of aromatic amines is 1. The molecule has 0 unspecified atom stereocenters. The minimum atomic E-state index is -0.496. The van der Waals surface area contributed by atoms with Crippen LogP contribution in [0.1, 0.15) is 55.1 Å². The SMILES string of the molecule is COc1cc(O)c(C=O)c(OCC(=O)Nc2cc([C@H]3CC[C@@H](OC(=O)N4[C@@H](C)COC[C@@H]4C)C3)[nH]n2)c1. The molecule has 0 spiro atoms. The van der Waals surface area contributed by atoms with Gasteiger partial charge in [-0.25, -0.2) is 4.79 Å². The molecule has 2 aromatic rings. The van der Waals surface area contributed by atoms with Gasteiger partial charge in [0.25, 0.3) is 5.91 Å². The van der Waals surface area contributed by atoms with Crippen molar-refractivity contribution in [3.05, 3.63) is 29.5 Å². The predicted molar refractivity (Wildman–Crippen MR) is 131 cm³/mol. The quantitative estimate of drug-likeness (QED) is 0.450. The number of amides is 2. The van der Waals surface area contributed by atoms with Crippen molar-refractivity contribution in [2.75, 3.05) is 32.2 Å². The van der Waals surface area contributed by atoms with E-state index in [2.05, 4.69) is 15.5 Å². The maximum absolute atomic E-state index is 12.7. The van der Waals surface area contributed by atoms with Crippen molar-refractivity contribution in [2.45, 2.75) is 57.2 Å². The van der Waals surface area contributed by atoms with Gasteiger partial charge in [-0.1, -0.05) is 0 Å². The Morgan fingerprint density at radius 2 is 2.00 bits per heavy atom. The summed E-state index contributed by atoms with van der Waals surface area (Å²) in [6, 6.07) is 4.37. The molecule has 1 aromatic heterocycles. The maximum atomic E-state index is 12.7. The van der Waals surface area contributed by atoms with Crippen LogP contribution in [0.15, 0.2) is 18.2 Å². The van der Waals surface area contributed by atoms with E-state index < -0.39 is 12.5 Å². The molecule has 4 atom stereocenters. The minimum absolute atomic E-state index is 0.0251. The summed E-state index contributed by atoms with van der Waals surface area (Å²) in [7, 11) is 1.41. The number of benzene rings is 1. The van der Waals surface area contributed by atoms with Crippen LogP contribution < -0.4 is 14.8 Å². The molecule has 1 aliphatic carbocycles. The number of hydrogen-bond donors (Lipinski definition) is 3. The molecular weight excluding hydrogens is 484 g/mol. The summed E-state index contributed by atoms with van der Waals surface area (Å²) >= 11 is 0. The van der Waals surface area contributed by atoms with Crippen molar-refractivity contribution in [1.82, 2.24) is 15.1 Å². The number of aromatic hydroxyl groups is 1. The van der Waals surface area contributed by atoms with Crippen molar-refractivity contribution in [3.63, 3.8) is 0 Å². The standard InChI is InChI=1S/C25H32N4O8/c1-14-11-35-12-15(2)29(14)25(33)37-17-5-4-16(6-17)20-9-23(28-27-20)26-24(32)13-36-22-8-18(34-3)7-21(31)19(22)10-30/h7-10,14-17,31H,4-6,11-13H2,1-3H3,(H2,26,27,28,32)/t14-,15-,16-,17+/m0/s1. The van der Waals surface area contributed by atoms with Crippen molar-refractivity contribution >= 4 is 24.1 Å². The normalized spacial score (nSPS) is 23.4. The number of phenols is 1. The molecular formula is C25H32N4O8. The van der Waals surface area contributed by atoms with E-state index in [1.165, 1.54) is 19.2 Å². The molecule has 2 amide bonds. The Kier molecular flexibility index (Phi) is 8.17. The molecule has 2 heterocycles. The van der Waals surface area contributed by atoms with Crippen LogP contribution in [0, 0.1) is 0 Å². The average Bonchev–Trinajstić information content (AvgIpc) is 3.52. The van der Waals surface area contributed by atoms with Gasteiger partial charge in [-0.05, 0) is 33.1 Å². The van der Waals surface area contributed by atoms with Gasteiger partial charge in [0.15, 0.2) is 18.7 Å². The number of aldehydes is 1. The van der Waals surface area contributed by atoms with Crippen LogP contribution >= 0.6 is 0 Å². The molecule has 37 heavy (non-hydrogen) atoms. The number of carbonyl (C=O) groups is 3. The van der Waals surface area contributed by atoms with Crippen LogP contribution in [-0.4, -0.2) is 83.6 Å². The van der Waals surface area contributed by atoms with Gasteiger partial charge >= 0.3 is 6.09 Å². The van der Waals surface area contributed by atoms with E-state index in [0.29, 0.717) is 31.7 Å². The van der Waals surface area contributed by atoms with Crippen LogP contribution in [-0.2, 0) is 14.3 Å². The number of anilines is 1. The maximum Gasteiger partial charge on any atom is 0.410 e. The minimum Gasteiger partial charge on any atom is -0.507 e. The number of nitrogens with zero attached hydrogens (tertiary/aromatic N) is 2. The van der Waals surface area contributed by atoms with Gasteiger partial charge in [0, 0.05) is 29.8 Å². The lowest BCUT2D eigenvalue weighted by atomic mass is 10.0. The van der Waals surface area contributed by atoms with Crippen LogP contribution in [0.3, 0.4) is 0 Å². The molecule has 2 fully saturated rings. The molecule has 0 bridgehead atoms. The fourth-order valence-corrected chi connectivity index (χ4v) is 4.77. The number of hydrogen-bond acceptors (Lipinski definition) is 9. The van der Waals surface area contributed by atoms with Crippen LogP contribution in [0.25, 0.3) is 0 Å². The van der Waals surface area contributed by atoms with Crippen molar-refractivity contribution in [1.29, 1.82) is 0 Å². The molecule has 1 aromatic carbocycles. The van der Waals surface area contributed by atoms with Crippen LogP contribution in [0.4, 0.5) is 10.6 Å². The third-order valence-electron chi connectivity index (χ3n) is 6.64. The van der Waals surface area contributed by atoms with E-state index in [1.807, 2.05) is 13.8 Å². The zero-order valence-electron chi connectivity index (χ0n) is 21.1. The zero-order valence-corrected chi connectivity index (χ0v) is 21.1. The highest BCUT2D eigenvalue weighted by atomic mass is 16.6. The molecule has 1 saturated heterocycles. The van der Waals surface area contributed by atoms with Crippen LogP contribution in [0.5, 0.6) is 17.2 Å². The number of carbonyl (C=O) groups excluding carboxylic acids is 3. The van der Waals surface area contributed by atoms with E-state index in [1.54, 1.807) is 11.0 Å². The first kappa shape index (κ1) is 26.3. The summed E-state index contributed by atoms with van der Waals surface area (Å²) in [5.41, 5.74) is 0.758. The highest BCUT2D eigenvalue weighted by Crippen LogP contribution is 2.36. The summed E-state index contributed by atoms with van der Waals surface area (Å²) in [6.07, 6.45) is 2.15. The van der Waals surface area contributed by atoms with Gasteiger partial charge in [0.05, 0.1) is 38.0 Å². The smallest absolute Gasteiger partial charge is 0.410 e. The molecule has 1 aliphatic heterocycles. The first-order valence-electron chi connectivity index (χ1n) is 12.2. The Hall–Kier alpha value is -3.80. The monoisotopic (exact) mass is 516 g/mol. The molecule has 0 radical (unpaired) electrons. The van der Waals surface area contributed by atoms with E-state index in [0.717, 1.165) is 18.5 Å². The average molecular weight is 517 g/mol. The molecule has 200 valence electrons. The molecule has 12 nitrogen and oxygen atoms in total. The number of ether oxygens (including phenoxy) is 4. The van der Waals surface area contributed by atoms with E-state index in [9.17, 15) is 19.5 Å². The molecule has 4 rings (SSSR count). The third-order valence-corrected chi connectivity index (χ3v) is 6.64. The van der Waals surface area contributed by atoms with Gasteiger partial charge in [-0.3, -0.25) is 19.6 Å². The first-order valence-corrected chi connectivity index (χ1v) is 12.2. The van der Waals surface area contributed by atoms with Gasteiger partial charge < -0.3 is 29.4 Å². The van der Waals surface area contributed by atoms with Crippen molar-refractivity contribution < 1.29 is 38.4 Å². The number of rotatable bonds is 8. The van der Waals surface area contributed by atoms with Crippen LogP contribution in [0.2, 0.25) is 0 Å². The summed E-state index contributed by atoms with van der Waals surface area (Å²) in [4.78, 5) is 38.1. The van der Waals surface area contributed by atoms with E-state index in [-0.39, 0.29) is 53.0 Å². The van der Waals surface area contributed by atoms with Gasteiger partial charge in [-0.15, -0.1) is 0 Å². The highest BCUT2D eigenvalue weighted by molar-refractivity contribution is 5.91. The Labute approximate surface area is 214 Å². The Morgan fingerprint density at radius 3 is 2.70 bits per heavy atom. The number of aromatic nitrogens is 2. The van der Waals surface area contributed by atoms with E-state index in [4.69, 9.17) is 18.9 Å². The predicted octanol–water partition coefficient (Wildman–Crippen LogP) is 2.84. The third kappa shape index (κ3) is 6.13. The summed E-state index contributed by atoms with van der Waals surface area (Å²) in [6.45, 7) is 4.49.